The van der Waals surface area contributed by atoms with E-state index in [2.05, 4.69) is 10.1 Å². The molecule has 2 unspecified atom stereocenters. The number of nitrogens with zero attached hydrogens (tertiary/aromatic N) is 4. The smallest absolute Gasteiger partial charge is 0.315 e. The number of ether oxygens (including phenoxy) is 2. The number of carbonyl (C=O) groups excluding carboxylic acids is 1. The second kappa shape index (κ2) is 8.52. The number of nitro benzene ring substituents is 1. The molecule has 3 rings (SSSR count). The molecule has 29 heavy (non-hydrogen) atoms. The standard InChI is InChI=1S/C20H24N4O5/c1-5-14-18-17(13-8-6-7-9-15(13)24(26)27)16(20(25)29-11-10-28-4)12(2)21-19(18)23(3)22-14/h6-9,16-17H,5,10-11H2,1-4H3. The van der Waals surface area contributed by atoms with E-state index in [1.165, 1.54) is 13.2 Å². The van der Waals surface area contributed by atoms with Crippen LogP contribution in [-0.4, -0.2) is 46.7 Å². The van der Waals surface area contributed by atoms with Crippen molar-refractivity contribution in [3.63, 3.8) is 0 Å². The van der Waals surface area contributed by atoms with E-state index in [1.807, 2.05) is 6.92 Å². The lowest BCUT2D eigenvalue weighted by molar-refractivity contribution is -0.385. The van der Waals surface area contributed by atoms with Gasteiger partial charge in [0.1, 0.15) is 12.5 Å². The van der Waals surface area contributed by atoms with Gasteiger partial charge in [-0.3, -0.25) is 19.6 Å². The number of benzene rings is 1. The highest BCUT2D eigenvalue weighted by atomic mass is 16.6. The van der Waals surface area contributed by atoms with Gasteiger partial charge in [-0.05, 0) is 13.3 Å². The molecule has 1 aliphatic rings. The molecule has 9 nitrogen and oxygen atoms in total. The van der Waals surface area contributed by atoms with E-state index in [0.717, 1.165) is 11.3 Å². The molecule has 0 fully saturated rings. The lowest BCUT2D eigenvalue weighted by Crippen LogP contribution is -2.34. The first-order chi connectivity index (χ1) is 13.9. The number of rotatable bonds is 7. The highest BCUT2D eigenvalue weighted by Gasteiger charge is 2.44. The summed E-state index contributed by atoms with van der Waals surface area (Å²) < 4.78 is 12.0. The van der Waals surface area contributed by atoms with Gasteiger partial charge in [0.2, 0.25) is 0 Å². The normalized spacial score (nSPS) is 18.1. The van der Waals surface area contributed by atoms with Gasteiger partial charge in [0.05, 0.1) is 17.2 Å². The van der Waals surface area contributed by atoms with Gasteiger partial charge in [0.25, 0.3) is 5.69 Å². The predicted molar refractivity (Wildman–Crippen MR) is 107 cm³/mol. The number of para-hydroxylation sites is 1. The van der Waals surface area contributed by atoms with Gasteiger partial charge in [-0.1, -0.05) is 25.1 Å². The lowest BCUT2D eigenvalue weighted by Gasteiger charge is -2.30. The number of hydrogen-bond donors (Lipinski definition) is 0. The molecule has 1 aromatic heterocycles. The third kappa shape index (κ3) is 3.77. The Morgan fingerprint density at radius 1 is 1.31 bits per heavy atom. The number of fused-ring (bicyclic) bond motifs is 1. The first-order valence-corrected chi connectivity index (χ1v) is 9.40. The van der Waals surface area contributed by atoms with Gasteiger partial charge >= 0.3 is 5.97 Å². The molecule has 0 radical (unpaired) electrons. The second-order valence-electron chi connectivity index (χ2n) is 6.85. The predicted octanol–water partition coefficient (Wildman–Crippen LogP) is 2.93. The molecule has 0 bridgehead atoms. The summed E-state index contributed by atoms with van der Waals surface area (Å²) in [6.07, 6.45) is 0.611. The van der Waals surface area contributed by atoms with Crippen LogP contribution in [0.2, 0.25) is 0 Å². The molecule has 0 spiro atoms. The number of aromatic nitrogens is 2. The Kier molecular flexibility index (Phi) is 6.07. The molecule has 1 aromatic carbocycles. The summed E-state index contributed by atoms with van der Waals surface area (Å²) in [6.45, 7) is 4.06. The SMILES string of the molecule is CCc1nn(C)c2c1C(c1ccccc1[N+](=O)[O-])C(C(=O)OCCOC)C(C)=N2. The lowest BCUT2D eigenvalue weighted by atomic mass is 9.75. The van der Waals surface area contributed by atoms with Crippen LogP contribution in [0, 0.1) is 16.0 Å². The van der Waals surface area contributed by atoms with Crippen molar-refractivity contribution in [2.75, 3.05) is 20.3 Å². The van der Waals surface area contributed by atoms with Crippen molar-refractivity contribution < 1.29 is 19.2 Å². The highest BCUT2D eigenvalue weighted by molar-refractivity contribution is 6.05. The molecule has 2 atom stereocenters. The molecule has 2 aromatic rings. The minimum atomic E-state index is -0.782. The molecule has 1 aliphatic heterocycles. The van der Waals surface area contributed by atoms with E-state index in [1.54, 1.807) is 36.9 Å². The Labute approximate surface area is 168 Å². The van der Waals surface area contributed by atoms with Crippen molar-refractivity contribution in [2.45, 2.75) is 26.2 Å². The number of nitro groups is 1. The average Bonchev–Trinajstić information content (AvgIpc) is 3.02. The van der Waals surface area contributed by atoms with Gasteiger partial charge in [-0.15, -0.1) is 0 Å². The van der Waals surface area contributed by atoms with Crippen molar-refractivity contribution in [3.8, 4) is 0 Å². The van der Waals surface area contributed by atoms with E-state index >= 15 is 0 Å². The second-order valence-corrected chi connectivity index (χ2v) is 6.85. The summed E-state index contributed by atoms with van der Waals surface area (Å²) in [5, 5.41) is 16.3. The molecular weight excluding hydrogens is 376 g/mol. The summed E-state index contributed by atoms with van der Waals surface area (Å²) in [5.74, 6) is -1.26. The number of hydrogen-bond acceptors (Lipinski definition) is 7. The summed E-state index contributed by atoms with van der Waals surface area (Å²) >= 11 is 0. The fourth-order valence-corrected chi connectivity index (χ4v) is 3.82. The fraction of sp³-hybridized carbons (Fsp3) is 0.450. The Morgan fingerprint density at radius 3 is 2.69 bits per heavy atom. The molecule has 0 saturated carbocycles. The zero-order valence-electron chi connectivity index (χ0n) is 16.9. The maximum absolute atomic E-state index is 13.0. The molecule has 9 heteroatoms. The molecule has 0 saturated heterocycles. The minimum Gasteiger partial charge on any atom is -0.463 e. The quantitative estimate of drug-likeness (QED) is 0.306. The summed E-state index contributed by atoms with van der Waals surface area (Å²) in [4.78, 5) is 28.9. The third-order valence-electron chi connectivity index (χ3n) is 5.09. The highest BCUT2D eigenvalue weighted by Crippen LogP contribution is 2.46. The van der Waals surface area contributed by atoms with E-state index < -0.39 is 22.7 Å². The average molecular weight is 400 g/mol. The zero-order chi connectivity index (χ0) is 21.1. The van der Waals surface area contributed by atoms with Crippen LogP contribution in [0.3, 0.4) is 0 Å². The van der Waals surface area contributed by atoms with Crippen molar-refractivity contribution in [2.24, 2.45) is 18.0 Å². The molecule has 154 valence electrons. The topological polar surface area (TPSA) is 109 Å². The maximum atomic E-state index is 13.0. The van der Waals surface area contributed by atoms with Crippen molar-refractivity contribution in [1.29, 1.82) is 0 Å². The van der Waals surface area contributed by atoms with Crippen LogP contribution in [0.15, 0.2) is 29.3 Å². The first-order valence-electron chi connectivity index (χ1n) is 9.40. The molecule has 0 amide bonds. The molecule has 2 heterocycles. The van der Waals surface area contributed by atoms with Gasteiger partial charge in [-0.2, -0.15) is 5.10 Å². The third-order valence-corrected chi connectivity index (χ3v) is 5.09. The largest absolute Gasteiger partial charge is 0.463 e. The van der Waals surface area contributed by atoms with Gasteiger partial charge in [-0.25, -0.2) is 4.99 Å². The van der Waals surface area contributed by atoms with Crippen LogP contribution >= 0.6 is 0 Å². The first kappa shape index (κ1) is 20.7. The summed E-state index contributed by atoms with van der Waals surface area (Å²) in [7, 11) is 3.30. The number of esters is 1. The van der Waals surface area contributed by atoms with E-state index in [4.69, 9.17) is 9.47 Å². The summed E-state index contributed by atoms with van der Waals surface area (Å²) in [6, 6.07) is 6.49. The van der Waals surface area contributed by atoms with Crippen LogP contribution in [0.1, 0.15) is 36.6 Å². The maximum Gasteiger partial charge on any atom is 0.315 e. The van der Waals surface area contributed by atoms with Crippen molar-refractivity contribution >= 4 is 23.2 Å². The van der Waals surface area contributed by atoms with Crippen LogP contribution in [0.25, 0.3) is 0 Å². The van der Waals surface area contributed by atoms with Gasteiger partial charge < -0.3 is 9.47 Å². The van der Waals surface area contributed by atoms with Crippen LogP contribution in [0.4, 0.5) is 11.5 Å². The molecule has 0 N–H and O–H groups in total. The van der Waals surface area contributed by atoms with E-state index in [0.29, 0.717) is 23.5 Å². The minimum absolute atomic E-state index is 0.0428. The van der Waals surface area contributed by atoms with Crippen molar-refractivity contribution in [3.05, 3.63) is 51.2 Å². The van der Waals surface area contributed by atoms with Crippen molar-refractivity contribution in [1.82, 2.24) is 9.78 Å². The van der Waals surface area contributed by atoms with Crippen LogP contribution in [-0.2, 0) is 27.7 Å². The zero-order valence-corrected chi connectivity index (χ0v) is 16.9. The number of methoxy groups -OCH3 is 1. The van der Waals surface area contributed by atoms with Gasteiger partial charge in [0.15, 0.2) is 5.82 Å². The monoisotopic (exact) mass is 400 g/mol. The number of carbonyl (C=O) groups is 1. The Hall–Kier alpha value is -3.07. The van der Waals surface area contributed by atoms with Gasteiger partial charge in [0, 0.05) is 43.0 Å². The van der Waals surface area contributed by atoms with Crippen LogP contribution in [0.5, 0.6) is 0 Å². The Balaban J connectivity index is 2.20. The number of aliphatic imine (C=N–C) groups is 1. The van der Waals surface area contributed by atoms with E-state index in [-0.39, 0.29) is 18.9 Å². The van der Waals surface area contributed by atoms with E-state index in [9.17, 15) is 14.9 Å². The van der Waals surface area contributed by atoms with Crippen LogP contribution < -0.4 is 0 Å². The Morgan fingerprint density at radius 2 is 2.03 bits per heavy atom. The molecular formula is C20H24N4O5. The fourth-order valence-electron chi connectivity index (χ4n) is 3.82. The summed E-state index contributed by atoms with van der Waals surface area (Å²) in [5.41, 5.74) is 2.44. The molecule has 0 aliphatic carbocycles. The number of aryl methyl sites for hydroxylation is 2. The Bertz CT molecular complexity index is 966.